The molecule has 2 aromatic rings. The maximum atomic E-state index is 5.81. The summed E-state index contributed by atoms with van der Waals surface area (Å²) >= 11 is 0. The van der Waals surface area contributed by atoms with Crippen molar-refractivity contribution in [3.63, 3.8) is 0 Å². The van der Waals surface area contributed by atoms with Gasteiger partial charge in [-0.25, -0.2) is 0 Å². The maximum Gasteiger partial charge on any atom is 0.0672 e. The first-order valence-electron chi connectivity index (χ1n) is 7.06. The number of anilines is 1. The van der Waals surface area contributed by atoms with Gasteiger partial charge in [0.2, 0.25) is 0 Å². The molecule has 104 valence electrons. The maximum absolute atomic E-state index is 5.81. The van der Waals surface area contributed by atoms with Gasteiger partial charge >= 0.3 is 0 Å². The van der Waals surface area contributed by atoms with E-state index in [-0.39, 0.29) is 5.41 Å². The topological polar surface area (TPSA) is 35.2 Å². The van der Waals surface area contributed by atoms with Gasteiger partial charge in [0.25, 0.3) is 0 Å². The van der Waals surface area contributed by atoms with E-state index in [1.54, 1.807) is 0 Å². The number of benzene rings is 2. The minimum Gasteiger partial charge on any atom is -0.399 e. The number of hydrogen-bond donors (Lipinski definition) is 1. The molecule has 20 heavy (non-hydrogen) atoms. The second-order valence-corrected chi connectivity index (χ2v) is 5.88. The Hall–Kier alpha value is -1.80. The van der Waals surface area contributed by atoms with Crippen LogP contribution in [0.2, 0.25) is 0 Å². The van der Waals surface area contributed by atoms with Crippen LogP contribution in [0.1, 0.15) is 27.8 Å². The predicted octanol–water partition coefficient (Wildman–Crippen LogP) is 3.51. The van der Waals surface area contributed by atoms with Gasteiger partial charge in [-0.05, 0) is 60.7 Å². The van der Waals surface area contributed by atoms with Crippen LogP contribution in [-0.2, 0) is 10.2 Å². The average Bonchev–Trinajstić information content (AvgIpc) is 2.39. The van der Waals surface area contributed by atoms with E-state index in [0.29, 0.717) is 0 Å². The molecule has 0 atom stereocenters. The molecule has 0 spiro atoms. The zero-order valence-electron chi connectivity index (χ0n) is 12.4. The van der Waals surface area contributed by atoms with Gasteiger partial charge in [-0.3, -0.25) is 0 Å². The van der Waals surface area contributed by atoms with Crippen LogP contribution < -0.4 is 5.73 Å². The minimum atomic E-state index is -0.00373. The Kier molecular flexibility index (Phi) is 3.06. The van der Waals surface area contributed by atoms with Gasteiger partial charge in [0, 0.05) is 5.69 Å². The van der Waals surface area contributed by atoms with Gasteiger partial charge in [0.05, 0.1) is 18.6 Å². The summed E-state index contributed by atoms with van der Waals surface area (Å²) in [6.45, 7) is 8.08. The number of nitrogens with two attached hydrogens (primary N) is 1. The number of hydrogen-bond acceptors (Lipinski definition) is 2. The van der Waals surface area contributed by atoms with Crippen molar-refractivity contribution >= 4 is 5.69 Å². The molecule has 0 saturated carbocycles. The van der Waals surface area contributed by atoms with E-state index in [1.165, 1.54) is 27.8 Å². The summed E-state index contributed by atoms with van der Waals surface area (Å²) in [5, 5.41) is 0. The molecule has 1 fully saturated rings. The summed E-state index contributed by atoms with van der Waals surface area (Å²) in [7, 11) is 0. The lowest BCUT2D eigenvalue weighted by molar-refractivity contribution is -0.0383. The zero-order chi connectivity index (χ0) is 14.3. The van der Waals surface area contributed by atoms with E-state index in [9.17, 15) is 0 Å². The first-order chi connectivity index (χ1) is 9.54. The summed E-state index contributed by atoms with van der Waals surface area (Å²) in [6.07, 6.45) is 0. The lowest BCUT2D eigenvalue weighted by Crippen LogP contribution is -2.48. The Labute approximate surface area is 120 Å². The van der Waals surface area contributed by atoms with Crippen molar-refractivity contribution in [2.75, 3.05) is 18.9 Å². The van der Waals surface area contributed by atoms with Gasteiger partial charge < -0.3 is 10.5 Å². The molecule has 2 aromatic carbocycles. The van der Waals surface area contributed by atoms with Gasteiger partial charge in [-0.15, -0.1) is 0 Å². The summed E-state index contributed by atoms with van der Waals surface area (Å²) in [4.78, 5) is 0. The van der Waals surface area contributed by atoms with E-state index < -0.39 is 0 Å². The molecule has 1 aliphatic rings. The summed E-state index contributed by atoms with van der Waals surface area (Å²) in [5.74, 6) is 0. The van der Waals surface area contributed by atoms with Crippen LogP contribution in [0.4, 0.5) is 5.69 Å². The summed E-state index contributed by atoms with van der Waals surface area (Å²) in [5.41, 5.74) is 13.4. The highest BCUT2D eigenvalue weighted by atomic mass is 16.5. The fraction of sp³-hybridized carbons (Fsp3) is 0.333. The van der Waals surface area contributed by atoms with Crippen molar-refractivity contribution in [3.05, 3.63) is 64.2 Å². The molecule has 0 unspecified atom stereocenters. The van der Waals surface area contributed by atoms with Crippen LogP contribution in [0, 0.1) is 20.8 Å². The molecule has 3 rings (SSSR count). The molecule has 1 saturated heterocycles. The third kappa shape index (κ3) is 1.83. The molecular formula is C18H21NO. The van der Waals surface area contributed by atoms with E-state index in [1.807, 2.05) is 12.1 Å². The second-order valence-electron chi connectivity index (χ2n) is 5.88. The smallest absolute Gasteiger partial charge is 0.0672 e. The Morgan fingerprint density at radius 1 is 0.900 bits per heavy atom. The highest BCUT2D eigenvalue weighted by Gasteiger charge is 2.43. The first kappa shape index (κ1) is 13.2. The third-order valence-corrected chi connectivity index (χ3v) is 4.73. The lowest BCUT2D eigenvalue weighted by Gasteiger charge is -2.43. The molecule has 0 aliphatic carbocycles. The quantitative estimate of drug-likeness (QED) is 0.845. The van der Waals surface area contributed by atoms with E-state index in [4.69, 9.17) is 10.5 Å². The highest BCUT2D eigenvalue weighted by molar-refractivity contribution is 5.52. The standard InChI is InChI=1S/C18H21NO/c1-12-4-9-17(14(3)13(12)2)18(10-20-11-18)15-5-7-16(19)8-6-15/h4-9H,10-11,19H2,1-3H3. The molecule has 1 heterocycles. The second kappa shape index (κ2) is 4.64. The Bertz CT molecular complexity index is 639. The van der Waals surface area contributed by atoms with E-state index in [2.05, 4.69) is 45.0 Å². The van der Waals surface area contributed by atoms with Gasteiger partial charge in [0.15, 0.2) is 0 Å². The zero-order valence-corrected chi connectivity index (χ0v) is 12.4. The van der Waals surface area contributed by atoms with Crippen molar-refractivity contribution in [2.24, 2.45) is 0 Å². The lowest BCUT2D eigenvalue weighted by atomic mass is 9.70. The number of aryl methyl sites for hydroxylation is 1. The van der Waals surface area contributed by atoms with Crippen molar-refractivity contribution in [1.29, 1.82) is 0 Å². The minimum absolute atomic E-state index is 0.00373. The summed E-state index contributed by atoms with van der Waals surface area (Å²) in [6, 6.07) is 12.7. The fourth-order valence-electron chi connectivity index (χ4n) is 3.06. The molecule has 0 radical (unpaired) electrons. The summed E-state index contributed by atoms with van der Waals surface area (Å²) < 4.78 is 5.57. The molecule has 0 amide bonds. The van der Waals surface area contributed by atoms with Gasteiger partial charge in [-0.1, -0.05) is 24.3 Å². The third-order valence-electron chi connectivity index (χ3n) is 4.73. The van der Waals surface area contributed by atoms with Crippen LogP contribution in [-0.4, -0.2) is 13.2 Å². The Morgan fingerprint density at radius 3 is 2.10 bits per heavy atom. The van der Waals surface area contributed by atoms with Gasteiger partial charge in [-0.2, -0.15) is 0 Å². The van der Waals surface area contributed by atoms with E-state index in [0.717, 1.165) is 18.9 Å². The van der Waals surface area contributed by atoms with Crippen molar-refractivity contribution in [2.45, 2.75) is 26.2 Å². The van der Waals surface area contributed by atoms with Gasteiger partial charge in [0.1, 0.15) is 0 Å². The van der Waals surface area contributed by atoms with Crippen LogP contribution in [0.3, 0.4) is 0 Å². The average molecular weight is 267 g/mol. The first-order valence-corrected chi connectivity index (χ1v) is 7.06. The predicted molar refractivity (Wildman–Crippen MR) is 83.1 cm³/mol. The fourth-order valence-corrected chi connectivity index (χ4v) is 3.06. The van der Waals surface area contributed by atoms with Crippen LogP contribution in [0.5, 0.6) is 0 Å². The Balaban J connectivity index is 2.14. The molecule has 1 aliphatic heterocycles. The molecule has 0 aromatic heterocycles. The van der Waals surface area contributed by atoms with Crippen molar-refractivity contribution in [3.8, 4) is 0 Å². The molecule has 2 N–H and O–H groups in total. The molecule has 0 bridgehead atoms. The molecule has 2 heteroatoms. The number of ether oxygens (including phenoxy) is 1. The number of rotatable bonds is 2. The highest BCUT2D eigenvalue weighted by Crippen LogP contribution is 2.41. The van der Waals surface area contributed by atoms with Crippen molar-refractivity contribution < 1.29 is 4.74 Å². The molecule has 2 nitrogen and oxygen atoms in total. The largest absolute Gasteiger partial charge is 0.399 e. The normalized spacial score (nSPS) is 16.8. The van der Waals surface area contributed by atoms with Crippen LogP contribution in [0.15, 0.2) is 36.4 Å². The van der Waals surface area contributed by atoms with Crippen molar-refractivity contribution in [1.82, 2.24) is 0 Å². The Morgan fingerprint density at radius 2 is 1.55 bits per heavy atom. The molecular weight excluding hydrogens is 246 g/mol. The van der Waals surface area contributed by atoms with Crippen LogP contribution >= 0.6 is 0 Å². The number of nitrogen functional groups attached to an aromatic ring is 1. The van der Waals surface area contributed by atoms with E-state index >= 15 is 0 Å². The van der Waals surface area contributed by atoms with Crippen LogP contribution in [0.25, 0.3) is 0 Å². The SMILES string of the molecule is Cc1ccc(C2(c3ccc(N)cc3)COC2)c(C)c1C. The monoisotopic (exact) mass is 267 g/mol.